The molecule has 0 unspecified atom stereocenters. The third kappa shape index (κ3) is 4.25. The predicted octanol–water partition coefficient (Wildman–Crippen LogP) is 4.06. The van der Waals surface area contributed by atoms with Crippen LogP contribution in [0.25, 0.3) is 10.7 Å². The summed E-state index contributed by atoms with van der Waals surface area (Å²) in [6.07, 6.45) is 0. The highest BCUT2D eigenvalue weighted by molar-refractivity contribution is 8.00. The van der Waals surface area contributed by atoms with Crippen molar-refractivity contribution in [2.45, 2.75) is 24.3 Å². The van der Waals surface area contributed by atoms with E-state index in [-0.39, 0.29) is 11.2 Å². The van der Waals surface area contributed by atoms with Crippen LogP contribution in [0.15, 0.2) is 46.9 Å². The minimum atomic E-state index is -0.305. The van der Waals surface area contributed by atoms with Crippen LogP contribution in [0.2, 0.25) is 0 Å². The summed E-state index contributed by atoms with van der Waals surface area (Å²) in [6, 6.07) is 11.3. The summed E-state index contributed by atoms with van der Waals surface area (Å²) >= 11 is 3.00. The van der Waals surface area contributed by atoms with Crippen LogP contribution < -0.4 is 10.1 Å². The lowest BCUT2D eigenvalue weighted by Crippen LogP contribution is -2.22. The molecule has 1 aromatic carbocycles. The second kappa shape index (κ2) is 8.37. The molecule has 8 heteroatoms. The average Bonchev–Trinajstić information content (AvgIpc) is 3.27. The highest BCUT2D eigenvalue weighted by Gasteiger charge is 2.19. The molecule has 0 aliphatic rings. The first-order valence-corrected chi connectivity index (χ1v) is 9.98. The number of ether oxygens (including phenoxy) is 1. The van der Waals surface area contributed by atoms with Crippen LogP contribution in [0.4, 0.5) is 5.69 Å². The highest BCUT2D eigenvalue weighted by Crippen LogP contribution is 2.28. The second-order valence-corrected chi connectivity index (χ2v) is 7.80. The quantitative estimate of drug-likeness (QED) is 0.618. The number of rotatable bonds is 7. The maximum Gasteiger partial charge on any atom is 0.237 e. The van der Waals surface area contributed by atoms with Crippen molar-refractivity contribution < 1.29 is 9.53 Å². The topological polar surface area (TPSA) is 69.0 Å². The minimum Gasteiger partial charge on any atom is -0.494 e. The van der Waals surface area contributed by atoms with Gasteiger partial charge in [-0.1, -0.05) is 17.8 Å². The number of benzene rings is 1. The van der Waals surface area contributed by atoms with Crippen LogP contribution in [-0.2, 0) is 11.8 Å². The molecule has 1 N–H and O–H groups in total. The van der Waals surface area contributed by atoms with Crippen LogP contribution in [0.1, 0.15) is 13.8 Å². The van der Waals surface area contributed by atoms with Gasteiger partial charge in [0, 0.05) is 12.7 Å². The fraction of sp³-hybridized carbons (Fsp3) is 0.278. The Balaban J connectivity index is 1.62. The standard InChI is InChI=1S/C18H20N4O2S2/c1-4-24-14-9-7-13(8-10-14)19-17(23)12(2)26-18-21-20-16(22(18)3)15-6-5-11-25-15/h5-12H,4H2,1-3H3,(H,19,23)/t12-/m0/s1. The molecule has 0 aliphatic carbocycles. The summed E-state index contributed by atoms with van der Waals surface area (Å²) in [5, 5.41) is 13.8. The van der Waals surface area contributed by atoms with E-state index in [9.17, 15) is 4.79 Å². The van der Waals surface area contributed by atoms with Crippen molar-refractivity contribution in [2.75, 3.05) is 11.9 Å². The number of nitrogens with one attached hydrogen (secondary N) is 1. The smallest absolute Gasteiger partial charge is 0.237 e. The Morgan fingerprint density at radius 3 is 2.73 bits per heavy atom. The summed E-state index contributed by atoms with van der Waals surface area (Å²) in [6.45, 7) is 4.41. The number of nitrogens with zero attached hydrogens (tertiary/aromatic N) is 3. The van der Waals surface area contributed by atoms with Gasteiger partial charge >= 0.3 is 0 Å². The van der Waals surface area contributed by atoms with Crippen molar-refractivity contribution in [1.82, 2.24) is 14.8 Å². The number of anilines is 1. The summed E-state index contributed by atoms with van der Waals surface area (Å²) < 4.78 is 7.32. The Morgan fingerprint density at radius 2 is 2.08 bits per heavy atom. The van der Waals surface area contributed by atoms with E-state index in [1.165, 1.54) is 11.8 Å². The Hall–Kier alpha value is -2.32. The monoisotopic (exact) mass is 388 g/mol. The Kier molecular flexibility index (Phi) is 5.95. The van der Waals surface area contributed by atoms with E-state index >= 15 is 0 Å². The molecule has 3 aromatic rings. The highest BCUT2D eigenvalue weighted by atomic mass is 32.2. The van der Waals surface area contributed by atoms with Crippen LogP contribution in [0.5, 0.6) is 5.75 Å². The van der Waals surface area contributed by atoms with Crippen molar-refractivity contribution in [3.63, 3.8) is 0 Å². The second-order valence-electron chi connectivity index (χ2n) is 5.55. The van der Waals surface area contributed by atoms with E-state index in [1.54, 1.807) is 11.3 Å². The van der Waals surface area contributed by atoms with E-state index in [0.29, 0.717) is 11.8 Å². The van der Waals surface area contributed by atoms with E-state index in [0.717, 1.165) is 22.1 Å². The first kappa shape index (κ1) is 18.5. The van der Waals surface area contributed by atoms with Crippen LogP contribution in [0.3, 0.4) is 0 Å². The van der Waals surface area contributed by atoms with E-state index in [2.05, 4.69) is 15.5 Å². The summed E-state index contributed by atoms with van der Waals surface area (Å²) in [4.78, 5) is 13.5. The first-order chi connectivity index (χ1) is 12.6. The number of carbonyl (C=O) groups is 1. The molecule has 0 saturated heterocycles. The Bertz CT molecular complexity index is 860. The number of thioether (sulfide) groups is 1. The van der Waals surface area contributed by atoms with Crippen LogP contribution >= 0.6 is 23.1 Å². The molecule has 1 amide bonds. The van der Waals surface area contributed by atoms with Gasteiger partial charge < -0.3 is 14.6 Å². The summed E-state index contributed by atoms with van der Waals surface area (Å²) in [5.41, 5.74) is 0.739. The Labute approximate surface area is 160 Å². The fourth-order valence-corrected chi connectivity index (χ4v) is 3.85. The molecule has 0 aliphatic heterocycles. The van der Waals surface area contributed by atoms with Gasteiger partial charge in [0.15, 0.2) is 11.0 Å². The van der Waals surface area contributed by atoms with Crippen molar-refractivity contribution in [1.29, 1.82) is 0 Å². The molecular formula is C18H20N4O2S2. The molecule has 136 valence electrons. The number of hydrogen-bond donors (Lipinski definition) is 1. The average molecular weight is 389 g/mol. The lowest BCUT2D eigenvalue weighted by atomic mass is 10.3. The van der Waals surface area contributed by atoms with E-state index < -0.39 is 0 Å². The van der Waals surface area contributed by atoms with Gasteiger partial charge in [-0.15, -0.1) is 21.5 Å². The summed E-state index contributed by atoms with van der Waals surface area (Å²) in [7, 11) is 1.91. The molecule has 2 aromatic heterocycles. The molecule has 0 saturated carbocycles. The molecule has 0 spiro atoms. The SMILES string of the molecule is CCOc1ccc(NC(=O)[C@H](C)Sc2nnc(-c3cccs3)n2C)cc1. The van der Waals surface area contributed by atoms with Gasteiger partial charge in [-0.3, -0.25) is 4.79 Å². The maximum atomic E-state index is 12.5. The van der Waals surface area contributed by atoms with Gasteiger partial charge in [0.1, 0.15) is 5.75 Å². The third-order valence-corrected chi connectivity index (χ3v) is 5.66. The van der Waals surface area contributed by atoms with Gasteiger partial charge in [0.2, 0.25) is 5.91 Å². The normalized spacial score (nSPS) is 12.0. The van der Waals surface area contributed by atoms with Crippen molar-refractivity contribution in [3.05, 3.63) is 41.8 Å². The van der Waals surface area contributed by atoms with Gasteiger partial charge in [0.25, 0.3) is 0 Å². The zero-order chi connectivity index (χ0) is 18.5. The molecule has 0 radical (unpaired) electrons. The number of amides is 1. The first-order valence-electron chi connectivity index (χ1n) is 8.22. The molecular weight excluding hydrogens is 368 g/mol. The maximum absolute atomic E-state index is 12.5. The fourth-order valence-electron chi connectivity index (χ4n) is 2.29. The van der Waals surface area contributed by atoms with Crippen molar-refractivity contribution in [2.24, 2.45) is 7.05 Å². The lowest BCUT2D eigenvalue weighted by molar-refractivity contribution is -0.115. The number of carbonyl (C=O) groups excluding carboxylic acids is 1. The lowest BCUT2D eigenvalue weighted by Gasteiger charge is -2.12. The Morgan fingerprint density at radius 1 is 1.31 bits per heavy atom. The zero-order valence-electron chi connectivity index (χ0n) is 14.8. The molecule has 0 fully saturated rings. The number of aromatic nitrogens is 3. The minimum absolute atomic E-state index is 0.0835. The summed E-state index contributed by atoms with van der Waals surface area (Å²) in [5.74, 6) is 1.51. The van der Waals surface area contributed by atoms with Gasteiger partial charge in [-0.05, 0) is 49.6 Å². The molecule has 1 atom stereocenters. The molecule has 6 nitrogen and oxygen atoms in total. The van der Waals surface area contributed by atoms with Crippen LogP contribution in [-0.4, -0.2) is 32.5 Å². The van der Waals surface area contributed by atoms with E-state index in [4.69, 9.17) is 4.74 Å². The van der Waals surface area contributed by atoms with Crippen molar-refractivity contribution in [3.8, 4) is 16.5 Å². The number of hydrogen-bond acceptors (Lipinski definition) is 6. The predicted molar refractivity (Wildman–Crippen MR) is 106 cm³/mol. The van der Waals surface area contributed by atoms with Gasteiger partial charge in [-0.25, -0.2) is 0 Å². The van der Waals surface area contributed by atoms with E-state index in [1.807, 2.05) is 67.2 Å². The zero-order valence-corrected chi connectivity index (χ0v) is 16.4. The largest absolute Gasteiger partial charge is 0.494 e. The molecule has 26 heavy (non-hydrogen) atoms. The molecule has 0 bridgehead atoms. The molecule has 2 heterocycles. The van der Waals surface area contributed by atoms with Crippen LogP contribution in [0, 0.1) is 0 Å². The molecule has 3 rings (SSSR count). The third-order valence-electron chi connectivity index (χ3n) is 3.66. The van der Waals surface area contributed by atoms with Gasteiger partial charge in [0.05, 0.1) is 16.7 Å². The van der Waals surface area contributed by atoms with Crippen molar-refractivity contribution >= 4 is 34.7 Å². The number of thiophene rings is 1. The van der Waals surface area contributed by atoms with Gasteiger partial charge in [-0.2, -0.15) is 0 Å².